The van der Waals surface area contributed by atoms with E-state index in [9.17, 15) is 9.59 Å². The van der Waals surface area contributed by atoms with Gasteiger partial charge in [0.1, 0.15) is 0 Å². The lowest BCUT2D eigenvalue weighted by Gasteiger charge is -2.46. The van der Waals surface area contributed by atoms with E-state index in [1.165, 1.54) is 0 Å². The van der Waals surface area contributed by atoms with Gasteiger partial charge in [0.05, 0.1) is 13.2 Å². The molecule has 1 fully saturated rings. The molecule has 2 N–H and O–H groups in total. The molecular formula is C16H30N2O4. The molecule has 6 nitrogen and oxygen atoms in total. The van der Waals surface area contributed by atoms with Gasteiger partial charge in [-0.25, -0.2) is 9.59 Å². The quantitative estimate of drug-likeness (QED) is 0.817. The van der Waals surface area contributed by atoms with Crippen molar-refractivity contribution in [2.75, 3.05) is 19.8 Å². The van der Waals surface area contributed by atoms with E-state index in [1.807, 2.05) is 0 Å². The van der Waals surface area contributed by atoms with Gasteiger partial charge in [-0.15, -0.1) is 0 Å². The van der Waals surface area contributed by atoms with Crippen molar-refractivity contribution in [3.63, 3.8) is 0 Å². The predicted octanol–water partition coefficient (Wildman–Crippen LogP) is 3.06. The highest BCUT2D eigenvalue weighted by Crippen LogP contribution is 2.45. The largest absolute Gasteiger partial charge is 0.450 e. The van der Waals surface area contributed by atoms with E-state index in [0.29, 0.717) is 19.8 Å². The first-order chi connectivity index (χ1) is 10.2. The fraction of sp³-hybridized carbons (Fsp3) is 0.875. The van der Waals surface area contributed by atoms with Crippen molar-refractivity contribution in [1.82, 2.24) is 10.6 Å². The Morgan fingerprint density at radius 1 is 1.05 bits per heavy atom. The number of ether oxygens (including phenoxy) is 2. The van der Waals surface area contributed by atoms with Gasteiger partial charge in [-0.2, -0.15) is 0 Å². The fourth-order valence-corrected chi connectivity index (χ4v) is 3.68. The molecule has 1 aliphatic rings. The number of alkyl carbamates (subject to hydrolysis) is 2. The van der Waals surface area contributed by atoms with Gasteiger partial charge in [-0.05, 0) is 43.9 Å². The summed E-state index contributed by atoms with van der Waals surface area (Å²) in [6, 6.07) is 0.0526. The Labute approximate surface area is 133 Å². The number of amides is 2. The van der Waals surface area contributed by atoms with E-state index in [-0.39, 0.29) is 29.1 Å². The third-order valence-corrected chi connectivity index (χ3v) is 3.98. The summed E-state index contributed by atoms with van der Waals surface area (Å²) in [5.41, 5.74) is 0.00613. The Hall–Kier alpha value is -1.46. The molecule has 0 saturated heterocycles. The van der Waals surface area contributed by atoms with Gasteiger partial charge >= 0.3 is 12.2 Å². The van der Waals surface area contributed by atoms with Crippen LogP contribution in [0.15, 0.2) is 0 Å². The number of hydrogen-bond acceptors (Lipinski definition) is 4. The lowest BCUT2D eigenvalue weighted by molar-refractivity contribution is 0.0633. The van der Waals surface area contributed by atoms with Crippen LogP contribution < -0.4 is 10.6 Å². The minimum atomic E-state index is -0.387. The summed E-state index contributed by atoms with van der Waals surface area (Å²) in [4.78, 5) is 23.2. The average molecular weight is 314 g/mol. The van der Waals surface area contributed by atoms with E-state index in [1.54, 1.807) is 13.8 Å². The molecule has 0 aromatic rings. The Bertz CT molecular complexity index is 398. The van der Waals surface area contributed by atoms with Crippen molar-refractivity contribution < 1.29 is 19.1 Å². The zero-order valence-corrected chi connectivity index (χ0v) is 14.5. The van der Waals surface area contributed by atoms with Crippen LogP contribution in [0.25, 0.3) is 0 Å². The Morgan fingerprint density at radius 3 is 2.23 bits per heavy atom. The van der Waals surface area contributed by atoms with Crippen LogP contribution in [0.5, 0.6) is 0 Å². The van der Waals surface area contributed by atoms with Gasteiger partial charge in [0, 0.05) is 12.6 Å². The summed E-state index contributed by atoms with van der Waals surface area (Å²) < 4.78 is 9.88. The van der Waals surface area contributed by atoms with Crippen LogP contribution >= 0.6 is 0 Å². The summed E-state index contributed by atoms with van der Waals surface area (Å²) in [5.74, 6) is 0. The Morgan fingerprint density at radius 2 is 1.64 bits per heavy atom. The van der Waals surface area contributed by atoms with E-state index >= 15 is 0 Å². The SMILES string of the molecule is CCOC(=O)NC[C@@]1(C)C[C@H](NC(=O)OCC)CC(C)(C)C1. The van der Waals surface area contributed by atoms with Crippen molar-refractivity contribution in [2.45, 2.75) is 59.9 Å². The lowest BCUT2D eigenvalue weighted by atomic mass is 9.62. The third-order valence-electron chi connectivity index (χ3n) is 3.98. The molecule has 2 atom stereocenters. The van der Waals surface area contributed by atoms with Gasteiger partial charge in [-0.3, -0.25) is 0 Å². The predicted molar refractivity (Wildman–Crippen MR) is 84.7 cm³/mol. The fourth-order valence-electron chi connectivity index (χ4n) is 3.68. The van der Waals surface area contributed by atoms with Crippen molar-refractivity contribution in [3.8, 4) is 0 Å². The van der Waals surface area contributed by atoms with Crippen molar-refractivity contribution in [3.05, 3.63) is 0 Å². The molecule has 0 radical (unpaired) electrons. The molecule has 6 heteroatoms. The Kier molecular flexibility index (Phi) is 6.50. The highest BCUT2D eigenvalue weighted by Gasteiger charge is 2.42. The molecule has 128 valence electrons. The maximum absolute atomic E-state index is 11.7. The molecule has 22 heavy (non-hydrogen) atoms. The minimum Gasteiger partial charge on any atom is -0.450 e. The summed E-state index contributed by atoms with van der Waals surface area (Å²) >= 11 is 0. The van der Waals surface area contributed by atoms with Crippen LogP contribution in [-0.4, -0.2) is 38.0 Å². The molecule has 0 unspecified atom stereocenters. The molecular weight excluding hydrogens is 284 g/mol. The lowest BCUT2D eigenvalue weighted by Crippen LogP contribution is -2.50. The van der Waals surface area contributed by atoms with Crippen molar-refractivity contribution in [2.24, 2.45) is 10.8 Å². The van der Waals surface area contributed by atoms with Gasteiger partial charge in [-0.1, -0.05) is 20.8 Å². The number of rotatable bonds is 5. The second kappa shape index (κ2) is 7.70. The number of hydrogen-bond donors (Lipinski definition) is 2. The molecule has 0 aromatic heterocycles. The van der Waals surface area contributed by atoms with Crippen LogP contribution in [0.3, 0.4) is 0 Å². The second-order valence-electron chi connectivity index (χ2n) is 7.20. The average Bonchev–Trinajstić information content (AvgIpc) is 2.34. The third kappa shape index (κ3) is 6.12. The highest BCUT2D eigenvalue weighted by atomic mass is 16.6. The summed E-state index contributed by atoms with van der Waals surface area (Å²) in [6.45, 7) is 11.4. The molecule has 0 spiro atoms. The van der Waals surface area contributed by atoms with Crippen molar-refractivity contribution >= 4 is 12.2 Å². The van der Waals surface area contributed by atoms with Crippen LogP contribution in [0.1, 0.15) is 53.9 Å². The topological polar surface area (TPSA) is 76.7 Å². The minimum absolute atomic E-state index is 0.0526. The van der Waals surface area contributed by atoms with E-state index in [2.05, 4.69) is 31.4 Å². The van der Waals surface area contributed by atoms with Crippen molar-refractivity contribution in [1.29, 1.82) is 0 Å². The first-order valence-corrected chi connectivity index (χ1v) is 8.03. The molecule has 1 rings (SSSR count). The van der Waals surface area contributed by atoms with Gasteiger partial charge in [0.25, 0.3) is 0 Å². The number of carbonyl (C=O) groups excluding carboxylic acids is 2. The molecule has 0 aliphatic heterocycles. The van der Waals surface area contributed by atoms with Crippen LogP contribution in [0, 0.1) is 10.8 Å². The zero-order valence-electron chi connectivity index (χ0n) is 14.5. The van der Waals surface area contributed by atoms with Crippen LogP contribution in [0.2, 0.25) is 0 Å². The summed E-state index contributed by atoms with van der Waals surface area (Å²) in [5, 5.41) is 5.76. The van der Waals surface area contributed by atoms with Gasteiger partial charge in [0.15, 0.2) is 0 Å². The normalized spacial score (nSPS) is 26.9. The molecule has 0 bridgehead atoms. The zero-order chi connectivity index (χ0) is 16.8. The second-order valence-corrected chi connectivity index (χ2v) is 7.20. The summed E-state index contributed by atoms with van der Waals surface area (Å²) in [6.07, 6.45) is 1.93. The maximum atomic E-state index is 11.7. The number of nitrogens with one attached hydrogen (secondary N) is 2. The maximum Gasteiger partial charge on any atom is 0.407 e. The smallest absolute Gasteiger partial charge is 0.407 e. The summed E-state index contributed by atoms with van der Waals surface area (Å²) in [7, 11) is 0. The molecule has 1 aliphatic carbocycles. The van der Waals surface area contributed by atoms with Crippen LogP contribution in [0.4, 0.5) is 9.59 Å². The number of carbonyl (C=O) groups is 2. The molecule has 0 aromatic carbocycles. The van der Waals surface area contributed by atoms with Gasteiger partial charge in [0.2, 0.25) is 0 Å². The molecule has 1 saturated carbocycles. The van der Waals surface area contributed by atoms with E-state index in [0.717, 1.165) is 19.3 Å². The molecule has 2 amide bonds. The van der Waals surface area contributed by atoms with E-state index < -0.39 is 0 Å². The molecule has 0 heterocycles. The first-order valence-electron chi connectivity index (χ1n) is 8.03. The van der Waals surface area contributed by atoms with Crippen LogP contribution in [-0.2, 0) is 9.47 Å². The van der Waals surface area contributed by atoms with Gasteiger partial charge < -0.3 is 20.1 Å². The highest BCUT2D eigenvalue weighted by molar-refractivity contribution is 5.68. The first kappa shape index (κ1) is 18.6. The Balaban J connectivity index is 2.65. The standard InChI is InChI=1S/C16H30N2O4/c1-6-21-13(19)17-11-16(5)9-12(8-15(3,4)10-16)18-14(20)22-7-2/h12H,6-11H2,1-5H3,(H,17,19)(H,18,20)/t12-,16+/m1/s1. The van der Waals surface area contributed by atoms with E-state index in [4.69, 9.17) is 9.47 Å². The monoisotopic (exact) mass is 314 g/mol.